The molecule has 1 aromatic heterocycles. The first-order chi connectivity index (χ1) is 8.03. The molecular weight excluding hydrogens is 230 g/mol. The molecule has 3 nitrogen and oxygen atoms in total. The van der Waals surface area contributed by atoms with Crippen molar-refractivity contribution in [2.75, 3.05) is 5.75 Å². The van der Waals surface area contributed by atoms with E-state index in [4.69, 9.17) is 5.26 Å². The number of hydrogen-bond donors (Lipinski definition) is 0. The molecule has 0 radical (unpaired) electrons. The molecule has 0 aromatic carbocycles. The molecule has 92 valence electrons. The summed E-state index contributed by atoms with van der Waals surface area (Å²) in [6.45, 7) is 5.95. The smallest absolute Gasteiger partial charge is 0.187 e. The molecule has 0 fully saturated rings. The zero-order chi connectivity index (χ0) is 12.7. The van der Waals surface area contributed by atoms with Crippen LogP contribution >= 0.6 is 11.8 Å². The van der Waals surface area contributed by atoms with E-state index in [1.54, 1.807) is 18.0 Å². The molecule has 1 rings (SSSR count). The van der Waals surface area contributed by atoms with E-state index in [1.165, 1.54) is 0 Å². The van der Waals surface area contributed by atoms with Crippen LogP contribution in [0.2, 0.25) is 0 Å². The van der Waals surface area contributed by atoms with Gasteiger partial charge < -0.3 is 0 Å². The predicted molar refractivity (Wildman–Crippen MR) is 70.7 cm³/mol. The number of aromatic nitrogens is 2. The first kappa shape index (κ1) is 14.0. The predicted octanol–water partition coefficient (Wildman–Crippen LogP) is 3.60. The van der Waals surface area contributed by atoms with Gasteiger partial charge in [-0.3, -0.25) is 0 Å². The lowest BCUT2D eigenvalue weighted by Gasteiger charge is -2.13. The van der Waals surface area contributed by atoms with Gasteiger partial charge in [0.1, 0.15) is 0 Å². The zero-order valence-corrected chi connectivity index (χ0v) is 11.5. The molecule has 17 heavy (non-hydrogen) atoms. The first-order valence-electron chi connectivity index (χ1n) is 5.87. The van der Waals surface area contributed by atoms with Crippen LogP contribution in [0.25, 0.3) is 0 Å². The minimum Gasteiger partial charge on any atom is -0.231 e. The maximum absolute atomic E-state index is 8.88. The van der Waals surface area contributed by atoms with Crippen molar-refractivity contribution in [3.63, 3.8) is 0 Å². The highest BCUT2D eigenvalue weighted by molar-refractivity contribution is 7.99. The molecular formula is C13H19N3S. The van der Waals surface area contributed by atoms with Crippen LogP contribution in [0, 0.1) is 23.7 Å². The summed E-state index contributed by atoms with van der Waals surface area (Å²) >= 11 is 1.69. The third-order valence-corrected chi connectivity index (χ3v) is 3.45. The molecule has 0 bridgehead atoms. The van der Waals surface area contributed by atoms with Gasteiger partial charge in [-0.2, -0.15) is 5.26 Å². The van der Waals surface area contributed by atoms with E-state index in [0.717, 1.165) is 35.9 Å². The summed E-state index contributed by atoms with van der Waals surface area (Å²) in [5.74, 6) is 1.02. The van der Waals surface area contributed by atoms with E-state index >= 15 is 0 Å². The van der Waals surface area contributed by atoms with Crippen molar-refractivity contribution in [1.29, 1.82) is 5.26 Å². The molecule has 0 unspecified atom stereocenters. The lowest BCUT2D eigenvalue weighted by atomic mass is 9.89. The monoisotopic (exact) mass is 249 g/mol. The highest BCUT2D eigenvalue weighted by Gasteiger charge is 2.15. The van der Waals surface area contributed by atoms with E-state index in [9.17, 15) is 0 Å². The Labute approximate surface area is 108 Å². The van der Waals surface area contributed by atoms with Crippen molar-refractivity contribution in [3.05, 3.63) is 18.0 Å². The fraction of sp³-hybridized carbons (Fsp3) is 0.615. The van der Waals surface area contributed by atoms with Gasteiger partial charge in [0.15, 0.2) is 5.16 Å². The van der Waals surface area contributed by atoms with Crippen LogP contribution in [0.4, 0.5) is 0 Å². The minimum absolute atomic E-state index is 0.190. The number of hydrogen-bond acceptors (Lipinski definition) is 4. The molecule has 0 saturated heterocycles. The number of rotatable bonds is 6. The topological polar surface area (TPSA) is 49.6 Å². The van der Waals surface area contributed by atoms with Gasteiger partial charge in [0.25, 0.3) is 0 Å². The third-order valence-electron chi connectivity index (χ3n) is 2.50. The van der Waals surface area contributed by atoms with Crippen LogP contribution in [-0.4, -0.2) is 15.7 Å². The number of unbranched alkanes of at least 4 members (excludes halogenated alkanes) is 1. The largest absolute Gasteiger partial charge is 0.231 e. The standard InChI is InChI=1S/C13H19N3S/c1-11-6-8-15-12(16-11)17-9-5-4-7-13(2,3)10-14/h6,8H,4-5,7,9H2,1-3H3. The van der Waals surface area contributed by atoms with Crippen LogP contribution < -0.4 is 0 Å². The summed E-state index contributed by atoms with van der Waals surface area (Å²) in [5.41, 5.74) is 0.818. The van der Waals surface area contributed by atoms with Crippen LogP contribution in [-0.2, 0) is 0 Å². The molecule has 0 saturated carbocycles. The quantitative estimate of drug-likeness (QED) is 0.439. The summed E-state index contributed by atoms with van der Waals surface area (Å²) in [6.07, 6.45) is 4.94. The van der Waals surface area contributed by atoms with Crippen molar-refractivity contribution >= 4 is 11.8 Å². The Bertz CT molecular complexity index is 396. The number of nitrogens with zero attached hydrogens (tertiary/aromatic N) is 3. The van der Waals surface area contributed by atoms with Crippen LogP contribution in [0.1, 0.15) is 38.8 Å². The average molecular weight is 249 g/mol. The zero-order valence-electron chi connectivity index (χ0n) is 10.7. The Morgan fingerprint density at radius 3 is 2.82 bits per heavy atom. The normalized spacial score (nSPS) is 11.2. The van der Waals surface area contributed by atoms with Gasteiger partial charge in [0.05, 0.1) is 11.5 Å². The lowest BCUT2D eigenvalue weighted by molar-refractivity contribution is 0.433. The molecule has 4 heteroatoms. The molecule has 0 atom stereocenters. The molecule has 0 amide bonds. The van der Waals surface area contributed by atoms with Crippen molar-refractivity contribution in [1.82, 2.24) is 9.97 Å². The molecule has 0 N–H and O–H groups in total. The van der Waals surface area contributed by atoms with Crippen LogP contribution in [0.15, 0.2) is 17.4 Å². The maximum Gasteiger partial charge on any atom is 0.187 e. The van der Waals surface area contributed by atoms with Gasteiger partial charge in [0.2, 0.25) is 0 Å². The van der Waals surface area contributed by atoms with E-state index < -0.39 is 0 Å². The molecule has 0 aliphatic heterocycles. The number of thioether (sulfide) groups is 1. The Morgan fingerprint density at radius 2 is 2.18 bits per heavy atom. The maximum atomic E-state index is 8.88. The highest BCUT2D eigenvalue weighted by Crippen LogP contribution is 2.23. The summed E-state index contributed by atoms with van der Waals surface area (Å²) < 4.78 is 0. The van der Waals surface area contributed by atoms with Gasteiger partial charge in [-0.1, -0.05) is 18.2 Å². The second kappa shape index (κ2) is 6.61. The summed E-state index contributed by atoms with van der Waals surface area (Å²) in [7, 11) is 0. The highest BCUT2D eigenvalue weighted by atomic mass is 32.2. The van der Waals surface area contributed by atoms with Crippen molar-refractivity contribution < 1.29 is 0 Å². The Morgan fingerprint density at radius 1 is 1.41 bits per heavy atom. The minimum atomic E-state index is -0.190. The van der Waals surface area contributed by atoms with Gasteiger partial charge in [0, 0.05) is 17.6 Å². The Balaban J connectivity index is 2.19. The SMILES string of the molecule is Cc1ccnc(SCCCCC(C)(C)C#N)n1. The molecule has 0 spiro atoms. The number of nitriles is 1. The second-order valence-electron chi connectivity index (χ2n) is 4.78. The average Bonchev–Trinajstić information content (AvgIpc) is 2.29. The van der Waals surface area contributed by atoms with Crippen molar-refractivity contribution in [2.24, 2.45) is 5.41 Å². The summed E-state index contributed by atoms with van der Waals surface area (Å²) in [6, 6.07) is 4.23. The second-order valence-corrected chi connectivity index (χ2v) is 5.84. The van der Waals surface area contributed by atoms with Crippen molar-refractivity contribution in [3.8, 4) is 6.07 Å². The van der Waals surface area contributed by atoms with Gasteiger partial charge >= 0.3 is 0 Å². The molecule has 1 heterocycles. The van der Waals surface area contributed by atoms with E-state index in [-0.39, 0.29) is 5.41 Å². The van der Waals surface area contributed by atoms with E-state index in [2.05, 4.69) is 16.0 Å². The molecule has 1 aromatic rings. The summed E-state index contributed by atoms with van der Waals surface area (Å²) in [5, 5.41) is 9.74. The number of aryl methyl sites for hydroxylation is 1. The Kier molecular flexibility index (Phi) is 5.43. The summed E-state index contributed by atoms with van der Waals surface area (Å²) in [4.78, 5) is 8.54. The fourth-order valence-corrected chi connectivity index (χ4v) is 2.26. The Hall–Kier alpha value is -1.08. The van der Waals surface area contributed by atoms with E-state index in [0.29, 0.717) is 0 Å². The third kappa shape index (κ3) is 5.69. The van der Waals surface area contributed by atoms with Gasteiger partial charge in [-0.05, 0) is 39.7 Å². The fourth-order valence-electron chi connectivity index (χ4n) is 1.38. The van der Waals surface area contributed by atoms with E-state index in [1.807, 2.05) is 26.8 Å². The lowest BCUT2D eigenvalue weighted by Crippen LogP contribution is -2.07. The van der Waals surface area contributed by atoms with Crippen LogP contribution in [0.5, 0.6) is 0 Å². The molecule has 0 aliphatic rings. The van der Waals surface area contributed by atoms with Gasteiger partial charge in [-0.25, -0.2) is 9.97 Å². The van der Waals surface area contributed by atoms with Crippen LogP contribution in [0.3, 0.4) is 0 Å². The first-order valence-corrected chi connectivity index (χ1v) is 6.86. The van der Waals surface area contributed by atoms with Gasteiger partial charge in [-0.15, -0.1) is 0 Å². The van der Waals surface area contributed by atoms with Crippen molar-refractivity contribution in [2.45, 2.75) is 45.2 Å². The molecule has 0 aliphatic carbocycles.